The molecule has 0 amide bonds. The van der Waals surface area contributed by atoms with Crippen molar-refractivity contribution in [2.24, 2.45) is 5.10 Å². The van der Waals surface area contributed by atoms with Crippen LogP contribution in [0.5, 0.6) is 11.5 Å². The van der Waals surface area contributed by atoms with E-state index in [1.54, 1.807) is 12.1 Å². The van der Waals surface area contributed by atoms with Crippen LogP contribution in [-0.4, -0.2) is 24.9 Å². The zero-order chi connectivity index (χ0) is 16.2. The third kappa shape index (κ3) is 3.42. The van der Waals surface area contributed by atoms with Crippen molar-refractivity contribution in [1.29, 1.82) is 0 Å². The summed E-state index contributed by atoms with van der Waals surface area (Å²) in [6, 6.07) is 11.9. The van der Waals surface area contributed by atoms with Crippen molar-refractivity contribution < 1.29 is 19.4 Å². The SMILES string of the molecule is C/C(=N/Nc1cccc(C(=O)[O-])c1)c1ccc2c(c1)OCCO2. The second-order valence-electron chi connectivity index (χ2n) is 5.04. The first-order valence-corrected chi connectivity index (χ1v) is 7.15. The molecule has 0 saturated carbocycles. The number of benzene rings is 2. The number of carbonyl (C=O) groups is 1. The molecule has 2 aromatic carbocycles. The lowest BCUT2D eigenvalue weighted by Crippen LogP contribution is -2.22. The minimum atomic E-state index is -1.22. The maximum Gasteiger partial charge on any atom is 0.162 e. The van der Waals surface area contributed by atoms with Crippen molar-refractivity contribution in [2.75, 3.05) is 18.6 Å². The molecule has 1 N–H and O–H groups in total. The average Bonchev–Trinajstić information content (AvgIpc) is 2.59. The summed E-state index contributed by atoms with van der Waals surface area (Å²) in [5.41, 5.74) is 5.14. The minimum absolute atomic E-state index is 0.0992. The number of hydrogen-bond donors (Lipinski definition) is 1. The van der Waals surface area contributed by atoms with Crippen LogP contribution in [0.3, 0.4) is 0 Å². The average molecular weight is 311 g/mol. The highest BCUT2D eigenvalue weighted by atomic mass is 16.6. The quantitative estimate of drug-likeness (QED) is 0.686. The monoisotopic (exact) mass is 311 g/mol. The molecule has 118 valence electrons. The van der Waals surface area contributed by atoms with Gasteiger partial charge in [0.25, 0.3) is 0 Å². The molecule has 6 nitrogen and oxygen atoms in total. The number of carboxylic acids is 1. The van der Waals surface area contributed by atoms with E-state index < -0.39 is 5.97 Å². The number of hydrazone groups is 1. The molecule has 0 aliphatic carbocycles. The largest absolute Gasteiger partial charge is 0.545 e. The van der Waals surface area contributed by atoms with E-state index >= 15 is 0 Å². The Morgan fingerprint density at radius 2 is 1.87 bits per heavy atom. The number of fused-ring (bicyclic) bond motifs is 1. The molecule has 3 rings (SSSR count). The predicted molar refractivity (Wildman–Crippen MR) is 84.0 cm³/mol. The van der Waals surface area contributed by atoms with E-state index in [4.69, 9.17) is 9.47 Å². The van der Waals surface area contributed by atoms with Crippen LogP contribution in [0.2, 0.25) is 0 Å². The van der Waals surface area contributed by atoms with Crippen LogP contribution in [0.4, 0.5) is 5.69 Å². The highest BCUT2D eigenvalue weighted by Crippen LogP contribution is 2.30. The van der Waals surface area contributed by atoms with Gasteiger partial charge in [0.2, 0.25) is 0 Å². The predicted octanol–water partition coefficient (Wildman–Crippen LogP) is 1.66. The maximum absolute atomic E-state index is 10.8. The summed E-state index contributed by atoms with van der Waals surface area (Å²) in [4.78, 5) is 10.8. The van der Waals surface area contributed by atoms with E-state index in [2.05, 4.69) is 10.5 Å². The number of carbonyl (C=O) groups excluding carboxylic acids is 1. The summed E-state index contributed by atoms with van der Waals surface area (Å²) < 4.78 is 11.0. The summed E-state index contributed by atoms with van der Waals surface area (Å²) in [5.74, 6) is 0.200. The Labute approximate surface area is 133 Å². The third-order valence-corrected chi connectivity index (χ3v) is 3.41. The van der Waals surface area contributed by atoms with Gasteiger partial charge in [0.15, 0.2) is 11.5 Å². The molecule has 0 radical (unpaired) electrons. The van der Waals surface area contributed by atoms with Gasteiger partial charge in [-0.15, -0.1) is 0 Å². The number of ether oxygens (including phenoxy) is 2. The van der Waals surface area contributed by atoms with Crippen LogP contribution in [0.1, 0.15) is 22.8 Å². The zero-order valence-electron chi connectivity index (χ0n) is 12.5. The van der Waals surface area contributed by atoms with E-state index in [9.17, 15) is 9.90 Å². The fourth-order valence-electron chi connectivity index (χ4n) is 2.20. The molecule has 0 unspecified atom stereocenters. The second kappa shape index (κ2) is 6.39. The number of hydrogen-bond acceptors (Lipinski definition) is 6. The molecule has 1 heterocycles. The van der Waals surface area contributed by atoms with Gasteiger partial charge in [0, 0.05) is 5.56 Å². The van der Waals surface area contributed by atoms with Crippen molar-refractivity contribution in [2.45, 2.75) is 6.92 Å². The van der Waals surface area contributed by atoms with Crippen molar-refractivity contribution in [3.05, 3.63) is 53.6 Å². The van der Waals surface area contributed by atoms with E-state index in [0.29, 0.717) is 24.7 Å². The molecule has 0 saturated heterocycles. The van der Waals surface area contributed by atoms with Crippen LogP contribution >= 0.6 is 0 Å². The fraction of sp³-hybridized carbons (Fsp3) is 0.176. The van der Waals surface area contributed by atoms with Crippen LogP contribution in [0, 0.1) is 0 Å². The lowest BCUT2D eigenvalue weighted by Gasteiger charge is -2.18. The summed E-state index contributed by atoms with van der Waals surface area (Å²) in [6.07, 6.45) is 0. The lowest BCUT2D eigenvalue weighted by molar-refractivity contribution is -0.255. The summed E-state index contributed by atoms with van der Waals surface area (Å²) in [7, 11) is 0. The lowest BCUT2D eigenvalue weighted by atomic mass is 10.1. The molecule has 1 aliphatic rings. The van der Waals surface area contributed by atoms with Crippen LogP contribution in [0.25, 0.3) is 0 Å². The maximum atomic E-state index is 10.8. The number of rotatable bonds is 4. The number of carboxylic acid groups (broad SMARTS) is 1. The van der Waals surface area contributed by atoms with Gasteiger partial charge >= 0.3 is 0 Å². The van der Waals surface area contributed by atoms with Crippen molar-refractivity contribution in [3.8, 4) is 11.5 Å². The summed E-state index contributed by atoms with van der Waals surface area (Å²) >= 11 is 0. The van der Waals surface area contributed by atoms with Gasteiger partial charge in [-0.2, -0.15) is 5.10 Å². The number of nitrogens with one attached hydrogen (secondary N) is 1. The Bertz CT molecular complexity index is 771. The molecule has 0 atom stereocenters. The molecular weight excluding hydrogens is 296 g/mol. The van der Waals surface area contributed by atoms with Gasteiger partial charge in [-0.05, 0) is 42.8 Å². The molecule has 0 bridgehead atoms. The van der Waals surface area contributed by atoms with Gasteiger partial charge in [-0.1, -0.05) is 12.1 Å². The molecule has 23 heavy (non-hydrogen) atoms. The Kier molecular flexibility index (Phi) is 4.14. The van der Waals surface area contributed by atoms with E-state index in [0.717, 1.165) is 17.0 Å². The minimum Gasteiger partial charge on any atom is -0.545 e. The summed E-state index contributed by atoms with van der Waals surface area (Å²) in [5, 5.41) is 15.1. The van der Waals surface area contributed by atoms with Crippen LogP contribution < -0.4 is 20.0 Å². The Morgan fingerprint density at radius 1 is 1.09 bits per heavy atom. The number of nitrogens with zero attached hydrogens (tertiary/aromatic N) is 1. The van der Waals surface area contributed by atoms with Crippen molar-refractivity contribution in [3.63, 3.8) is 0 Å². The van der Waals surface area contributed by atoms with Crippen molar-refractivity contribution in [1.82, 2.24) is 0 Å². The van der Waals surface area contributed by atoms with Gasteiger partial charge in [-0.3, -0.25) is 5.43 Å². The van der Waals surface area contributed by atoms with Gasteiger partial charge in [0.1, 0.15) is 13.2 Å². The second-order valence-corrected chi connectivity index (χ2v) is 5.04. The smallest absolute Gasteiger partial charge is 0.162 e. The van der Waals surface area contributed by atoms with Gasteiger partial charge < -0.3 is 19.4 Å². The van der Waals surface area contributed by atoms with Crippen LogP contribution in [0.15, 0.2) is 47.6 Å². The molecule has 1 aliphatic heterocycles. The third-order valence-electron chi connectivity index (χ3n) is 3.41. The first kappa shape index (κ1) is 14.9. The van der Waals surface area contributed by atoms with E-state index in [1.807, 2.05) is 25.1 Å². The number of anilines is 1. The summed E-state index contributed by atoms with van der Waals surface area (Å²) in [6.45, 7) is 2.93. The molecule has 0 fully saturated rings. The Morgan fingerprint density at radius 3 is 2.65 bits per heavy atom. The normalized spacial score (nSPS) is 13.5. The molecule has 2 aromatic rings. The van der Waals surface area contributed by atoms with Gasteiger partial charge in [-0.25, -0.2) is 0 Å². The number of aromatic carboxylic acids is 1. The Hall–Kier alpha value is -3.02. The van der Waals surface area contributed by atoms with E-state index in [1.165, 1.54) is 12.1 Å². The zero-order valence-corrected chi connectivity index (χ0v) is 12.5. The van der Waals surface area contributed by atoms with Gasteiger partial charge in [0.05, 0.1) is 17.4 Å². The first-order chi connectivity index (χ1) is 11.1. The van der Waals surface area contributed by atoms with Crippen LogP contribution in [-0.2, 0) is 0 Å². The molecule has 0 spiro atoms. The molecule has 0 aromatic heterocycles. The standard InChI is InChI=1S/C17H16N2O4/c1-11(12-5-6-15-16(10-12)23-8-7-22-15)18-19-14-4-2-3-13(9-14)17(20)21/h2-6,9-10,19H,7-8H2,1H3,(H,20,21)/p-1/b18-11-. The Balaban J connectivity index is 1.77. The highest BCUT2D eigenvalue weighted by molar-refractivity contribution is 5.99. The van der Waals surface area contributed by atoms with Crippen molar-refractivity contribution >= 4 is 17.4 Å². The first-order valence-electron chi connectivity index (χ1n) is 7.15. The molecule has 6 heteroatoms. The highest BCUT2D eigenvalue weighted by Gasteiger charge is 2.12. The topological polar surface area (TPSA) is 83.0 Å². The molecular formula is C17H15N2O4-. The fourth-order valence-corrected chi connectivity index (χ4v) is 2.20. The van der Waals surface area contributed by atoms with E-state index in [-0.39, 0.29) is 5.56 Å².